The molecule has 0 bridgehead atoms. The van der Waals surface area contributed by atoms with E-state index < -0.39 is 0 Å². The lowest BCUT2D eigenvalue weighted by Gasteiger charge is -2.16. The molecule has 0 unspecified atom stereocenters. The summed E-state index contributed by atoms with van der Waals surface area (Å²) in [6, 6.07) is 17.9. The molecule has 0 aliphatic rings. The van der Waals surface area contributed by atoms with Gasteiger partial charge in [0, 0.05) is 17.8 Å². The highest BCUT2D eigenvalue weighted by Gasteiger charge is 2.15. The summed E-state index contributed by atoms with van der Waals surface area (Å²) in [5.74, 6) is 0.861. The SMILES string of the molecule is COc1ccc(Cl)cc1Nc1ccc(C(=O)N(C)c2ccccc2)nn1. The van der Waals surface area contributed by atoms with E-state index in [1.807, 2.05) is 30.3 Å². The highest BCUT2D eigenvalue weighted by Crippen LogP contribution is 2.29. The zero-order chi connectivity index (χ0) is 18.5. The lowest BCUT2D eigenvalue weighted by Crippen LogP contribution is -2.27. The van der Waals surface area contributed by atoms with Gasteiger partial charge in [-0.3, -0.25) is 4.79 Å². The first kappa shape index (κ1) is 17.7. The Kier molecular flexibility index (Phi) is 5.34. The number of benzene rings is 2. The molecule has 0 spiro atoms. The maximum Gasteiger partial charge on any atom is 0.278 e. The zero-order valence-corrected chi connectivity index (χ0v) is 15.1. The van der Waals surface area contributed by atoms with E-state index in [4.69, 9.17) is 16.3 Å². The molecule has 0 radical (unpaired) electrons. The predicted octanol–water partition coefficient (Wildman–Crippen LogP) is 4.16. The Morgan fingerprint density at radius 3 is 2.50 bits per heavy atom. The van der Waals surface area contributed by atoms with Crippen molar-refractivity contribution in [1.82, 2.24) is 10.2 Å². The Bertz CT molecular complexity index is 901. The molecule has 26 heavy (non-hydrogen) atoms. The normalized spacial score (nSPS) is 10.3. The first-order chi connectivity index (χ1) is 12.6. The van der Waals surface area contributed by atoms with Crippen molar-refractivity contribution in [2.24, 2.45) is 0 Å². The number of carbonyl (C=O) groups is 1. The molecule has 0 atom stereocenters. The molecule has 3 aromatic rings. The van der Waals surface area contributed by atoms with Gasteiger partial charge in [-0.2, -0.15) is 0 Å². The van der Waals surface area contributed by atoms with Crippen molar-refractivity contribution in [1.29, 1.82) is 0 Å². The Morgan fingerprint density at radius 1 is 1.08 bits per heavy atom. The summed E-state index contributed by atoms with van der Waals surface area (Å²) in [5.41, 5.74) is 1.69. The fourth-order valence-electron chi connectivity index (χ4n) is 2.37. The van der Waals surface area contributed by atoms with Gasteiger partial charge in [0.05, 0.1) is 12.8 Å². The smallest absolute Gasteiger partial charge is 0.278 e. The number of methoxy groups -OCH3 is 1. The maximum atomic E-state index is 12.5. The van der Waals surface area contributed by atoms with Crippen molar-refractivity contribution in [2.45, 2.75) is 0 Å². The van der Waals surface area contributed by atoms with Crippen molar-refractivity contribution in [3.8, 4) is 5.75 Å². The molecule has 1 heterocycles. The monoisotopic (exact) mass is 368 g/mol. The predicted molar refractivity (Wildman–Crippen MR) is 102 cm³/mol. The summed E-state index contributed by atoms with van der Waals surface area (Å²) in [6.07, 6.45) is 0. The van der Waals surface area contributed by atoms with E-state index in [2.05, 4.69) is 15.5 Å². The molecule has 6 nitrogen and oxygen atoms in total. The second-order valence-corrected chi connectivity index (χ2v) is 5.91. The average molecular weight is 369 g/mol. The number of hydrogen-bond acceptors (Lipinski definition) is 5. The summed E-state index contributed by atoms with van der Waals surface area (Å²) in [7, 11) is 3.27. The number of hydrogen-bond donors (Lipinski definition) is 1. The van der Waals surface area contributed by atoms with Crippen LogP contribution in [-0.4, -0.2) is 30.3 Å². The minimum atomic E-state index is -0.240. The third kappa shape index (κ3) is 3.92. The topological polar surface area (TPSA) is 67.3 Å². The summed E-state index contributed by atoms with van der Waals surface area (Å²) < 4.78 is 5.28. The lowest BCUT2D eigenvalue weighted by atomic mass is 10.2. The van der Waals surface area contributed by atoms with E-state index in [-0.39, 0.29) is 11.6 Å². The van der Waals surface area contributed by atoms with Crippen molar-refractivity contribution < 1.29 is 9.53 Å². The highest BCUT2D eigenvalue weighted by molar-refractivity contribution is 6.31. The number of nitrogens with one attached hydrogen (secondary N) is 1. The Morgan fingerprint density at radius 2 is 1.85 bits per heavy atom. The fourth-order valence-corrected chi connectivity index (χ4v) is 2.54. The Balaban J connectivity index is 1.77. The van der Waals surface area contributed by atoms with Gasteiger partial charge in [0.2, 0.25) is 0 Å². The van der Waals surface area contributed by atoms with Gasteiger partial charge in [0.25, 0.3) is 5.91 Å². The van der Waals surface area contributed by atoms with Gasteiger partial charge >= 0.3 is 0 Å². The van der Waals surface area contributed by atoms with Gasteiger partial charge in [-0.15, -0.1) is 10.2 Å². The van der Waals surface area contributed by atoms with Crippen LogP contribution in [-0.2, 0) is 0 Å². The van der Waals surface area contributed by atoms with Crippen LogP contribution < -0.4 is 15.0 Å². The first-order valence-electron chi connectivity index (χ1n) is 7.86. The molecule has 0 fully saturated rings. The van der Waals surface area contributed by atoms with Crippen molar-refractivity contribution in [3.05, 3.63) is 71.4 Å². The second kappa shape index (κ2) is 7.84. The van der Waals surface area contributed by atoms with Gasteiger partial charge in [-0.25, -0.2) is 0 Å². The molecular weight excluding hydrogens is 352 g/mol. The van der Waals surface area contributed by atoms with Gasteiger partial charge in [-0.05, 0) is 42.5 Å². The molecule has 0 saturated heterocycles. The third-order valence-corrected chi connectivity index (χ3v) is 3.99. The number of amides is 1. The number of anilines is 3. The molecule has 7 heteroatoms. The van der Waals surface area contributed by atoms with E-state index >= 15 is 0 Å². The number of halogens is 1. The van der Waals surface area contributed by atoms with Crippen LogP contribution in [0.15, 0.2) is 60.7 Å². The number of nitrogens with zero attached hydrogens (tertiary/aromatic N) is 3. The molecule has 1 amide bonds. The molecular formula is C19H17ClN4O2. The van der Waals surface area contributed by atoms with Crippen LogP contribution in [0.4, 0.5) is 17.2 Å². The number of para-hydroxylation sites is 1. The number of ether oxygens (including phenoxy) is 1. The van der Waals surface area contributed by atoms with Crippen molar-refractivity contribution in [3.63, 3.8) is 0 Å². The van der Waals surface area contributed by atoms with Crippen LogP contribution in [0.2, 0.25) is 5.02 Å². The first-order valence-corrected chi connectivity index (χ1v) is 8.23. The second-order valence-electron chi connectivity index (χ2n) is 5.47. The fraction of sp³-hybridized carbons (Fsp3) is 0.105. The molecule has 0 aliphatic heterocycles. The molecule has 0 saturated carbocycles. The largest absolute Gasteiger partial charge is 0.495 e. The minimum absolute atomic E-state index is 0.240. The van der Waals surface area contributed by atoms with Crippen LogP contribution in [0.1, 0.15) is 10.5 Å². The maximum absolute atomic E-state index is 12.5. The van der Waals surface area contributed by atoms with E-state index in [0.29, 0.717) is 22.3 Å². The van der Waals surface area contributed by atoms with Crippen LogP contribution in [0.5, 0.6) is 5.75 Å². The summed E-state index contributed by atoms with van der Waals surface area (Å²) in [5, 5.41) is 11.7. The van der Waals surface area contributed by atoms with E-state index in [0.717, 1.165) is 5.69 Å². The molecule has 1 aromatic heterocycles. The van der Waals surface area contributed by atoms with Gasteiger partial charge < -0.3 is 15.0 Å². The quantitative estimate of drug-likeness (QED) is 0.732. The Labute approximate surface area is 156 Å². The number of carbonyl (C=O) groups excluding carboxylic acids is 1. The summed E-state index contributed by atoms with van der Waals surface area (Å²) in [4.78, 5) is 14.1. The zero-order valence-electron chi connectivity index (χ0n) is 14.3. The molecule has 3 rings (SSSR count). The van der Waals surface area contributed by atoms with Crippen molar-refractivity contribution in [2.75, 3.05) is 24.4 Å². The van der Waals surface area contributed by atoms with Crippen LogP contribution in [0.3, 0.4) is 0 Å². The lowest BCUT2D eigenvalue weighted by molar-refractivity contribution is 0.0987. The summed E-state index contributed by atoms with van der Waals surface area (Å²) >= 11 is 6.02. The van der Waals surface area contributed by atoms with E-state index in [1.165, 1.54) is 4.90 Å². The van der Waals surface area contributed by atoms with Crippen molar-refractivity contribution >= 4 is 34.7 Å². The molecule has 0 aliphatic carbocycles. The van der Waals surface area contributed by atoms with Gasteiger partial charge in [0.15, 0.2) is 11.5 Å². The van der Waals surface area contributed by atoms with E-state index in [9.17, 15) is 4.79 Å². The minimum Gasteiger partial charge on any atom is -0.495 e. The molecule has 1 N–H and O–H groups in total. The van der Waals surface area contributed by atoms with Crippen LogP contribution >= 0.6 is 11.6 Å². The number of aromatic nitrogens is 2. The Hall–Kier alpha value is -3.12. The highest BCUT2D eigenvalue weighted by atomic mass is 35.5. The number of rotatable bonds is 5. The van der Waals surface area contributed by atoms with Crippen LogP contribution in [0.25, 0.3) is 0 Å². The van der Waals surface area contributed by atoms with Gasteiger partial charge in [0.1, 0.15) is 5.75 Å². The van der Waals surface area contributed by atoms with Crippen LogP contribution in [0, 0.1) is 0 Å². The van der Waals surface area contributed by atoms with E-state index in [1.54, 1.807) is 44.5 Å². The molecule has 2 aromatic carbocycles. The average Bonchev–Trinajstić information content (AvgIpc) is 2.68. The third-order valence-electron chi connectivity index (χ3n) is 3.76. The standard InChI is InChI=1S/C19H17ClN4O2/c1-24(14-6-4-3-5-7-14)19(25)15-9-11-18(23-22-15)21-16-12-13(20)8-10-17(16)26-2/h3-12H,1-2H3,(H,21,23). The summed E-state index contributed by atoms with van der Waals surface area (Å²) in [6.45, 7) is 0. The molecule has 132 valence electrons. The van der Waals surface area contributed by atoms with Gasteiger partial charge in [-0.1, -0.05) is 29.8 Å².